The van der Waals surface area contributed by atoms with E-state index in [2.05, 4.69) is 0 Å². The van der Waals surface area contributed by atoms with Crippen molar-refractivity contribution in [1.29, 1.82) is 0 Å². The van der Waals surface area contributed by atoms with Gasteiger partial charge in [0.2, 0.25) is 0 Å². The van der Waals surface area contributed by atoms with Crippen LogP contribution in [-0.4, -0.2) is 38.7 Å². The molecule has 0 fully saturated rings. The summed E-state index contributed by atoms with van der Waals surface area (Å²) >= 11 is 0. The summed E-state index contributed by atoms with van der Waals surface area (Å²) in [6, 6.07) is 18.9. The van der Waals surface area contributed by atoms with Crippen molar-refractivity contribution in [2.75, 3.05) is 27.9 Å². The minimum Gasteiger partial charge on any atom is -0.497 e. The van der Waals surface area contributed by atoms with Gasteiger partial charge in [-0.3, -0.25) is 4.79 Å². The first-order valence-electron chi connectivity index (χ1n) is 9.92. The monoisotopic (exact) mass is 423 g/mol. The average molecular weight is 423 g/mol. The molecule has 0 N–H and O–H groups in total. The van der Waals surface area contributed by atoms with Gasteiger partial charge in [0.05, 0.1) is 21.3 Å². The highest BCUT2D eigenvalue weighted by Crippen LogP contribution is 2.28. The molecular weight excluding hydrogens is 397 g/mol. The van der Waals surface area contributed by atoms with Crippen LogP contribution in [-0.2, 0) is 13.0 Å². The fraction of sp³-hybridized carbons (Fsp3) is 0.240. The lowest BCUT2D eigenvalue weighted by Crippen LogP contribution is -2.32. The molecule has 0 radical (unpaired) electrons. The lowest BCUT2D eigenvalue weighted by molar-refractivity contribution is 0.0745. The molecule has 0 aliphatic rings. The second-order valence-corrected chi connectivity index (χ2v) is 7.02. The van der Waals surface area contributed by atoms with Crippen LogP contribution < -0.4 is 14.2 Å². The second-order valence-electron chi connectivity index (χ2n) is 7.02. The number of carbonyl (C=O) groups is 1. The lowest BCUT2D eigenvalue weighted by atomic mass is 10.1. The van der Waals surface area contributed by atoms with Crippen molar-refractivity contribution in [2.45, 2.75) is 13.0 Å². The number of amides is 1. The molecule has 31 heavy (non-hydrogen) atoms. The molecule has 5 nitrogen and oxygen atoms in total. The normalized spacial score (nSPS) is 10.5. The van der Waals surface area contributed by atoms with E-state index in [9.17, 15) is 9.18 Å². The minimum atomic E-state index is -0.372. The minimum absolute atomic E-state index is 0.156. The Kier molecular flexibility index (Phi) is 7.49. The van der Waals surface area contributed by atoms with E-state index in [1.54, 1.807) is 26.2 Å². The number of hydrogen-bond donors (Lipinski definition) is 0. The molecule has 0 unspecified atom stereocenters. The number of halogens is 1. The van der Waals surface area contributed by atoms with Gasteiger partial charge in [-0.05, 0) is 66.1 Å². The zero-order valence-corrected chi connectivity index (χ0v) is 17.9. The van der Waals surface area contributed by atoms with Crippen LogP contribution in [0.5, 0.6) is 17.2 Å². The summed E-state index contributed by atoms with van der Waals surface area (Å²) in [4.78, 5) is 14.9. The number of benzene rings is 3. The van der Waals surface area contributed by atoms with Crippen LogP contribution in [0.1, 0.15) is 21.5 Å². The van der Waals surface area contributed by atoms with Crippen molar-refractivity contribution in [3.05, 3.63) is 89.2 Å². The van der Waals surface area contributed by atoms with Crippen LogP contribution in [0.3, 0.4) is 0 Å². The summed E-state index contributed by atoms with van der Waals surface area (Å²) in [5.41, 5.74) is 2.44. The standard InChI is InChI=1S/C25H26FNO4/c1-29-22-11-4-19(5-12-22)17-27(25(28)20-7-9-21(26)10-8-20)15-14-18-6-13-23(30-2)24(16-18)31-3/h4-13,16H,14-15,17H2,1-3H3. The maximum absolute atomic E-state index is 13.3. The van der Waals surface area contributed by atoms with Gasteiger partial charge >= 0.3 is 0 Å². The van der Waals surface area contributed by atoms with E-state index in [1.807, 2.05) is 42.5 Å². The zero-order chi connectivity index (χ0) is 22.2. The van der Waals surface area contributed by atoms with E-state index < -0.39 is 0 Å². The molecule has 162 valence electrons. The molecule has 0 heterocycles. The summed E-state index contributed by atoms with van der Waals surface area (Å²) in [6.45, 7) is 0.908. The van der Waals surface area contributed by atoms with Crippen molar-refractivity contribution in [3.63, 3.8) is 0 Å². The van der Waals surface area contributed by atoms with Crippen LogP contribution in [0.15, 0.2) is 66.7 Å². The van der Waals surface area contributed by atoms with E-state index >= 15 is 0 Å². The molecule has 0 saturated carbocycles. The number of methoxy groups -OCH3 is 3. The predicted octanol–water partition coefficient (Wildman–Crippen LogP) is 4.74. The van der Waals surface area contributed by atoms with Crippen LogP contribution >= 0.6 is 0 Å². The van der Waals surface area contributed by atoms with Crippen LogP contribution in [0.4, 0.5) is 4.39 Å². The summed E-state index contributed by atoms with van der Waals surface area (Å²) in [5, 5.41) is 0. The lowest BCUT2D eigenvalue weighted by Gasteiger charge is -2.23. The van der Waals surface area contributed by atoms with Gasteiger partial charge < -0.3 is 19.1 Å². The fourth-order valence-electron chi connectivity index (χ4n) is 3.28. The third-order valence-corrected chi connectivity index (χ3v) is 5.03. The van der Waals surface area contributed by atoms with Gasteiger partial charge in [0.15, 0.2) is 11.5 Å². The highest BCUT2D eigenvalue weighted by molar-refractivity contribution is 5.94. The Morgan fingerprint density at radius 1 is 0.806 bits per heavy atom. The Labute approximate surface area is 182 Å². The molecule has 0 aliphatic heterocycles. The SMILES string of the molecule is COc1ccc(CN(CCc2ccc(OC)c(OC)c2)C(=O)c2ccc(F)cc2)cc1. The molecule has 3 rings (SSSR count). The second kappa shape index (κ2) is 10.5. The van der Waals surface area contributed by atoms with Crippen molar-refractivity contribution in [1.82, 2.24) is 4.90 Å². The summed E-state index contributed by atoms with van der Waals surface area (Å²) in [5.74, 6) is 1.53. The Balaban J connectivity index is 1.80. The van der Waals surface area contributed by atoms with Gasteiger partial charge in [-0.15, -0.1) is 0 Å². The highest BCUT2D eigenvalue weighted by Gasteiger charge is 2.17. The number of ether oxygens (including phenoxy) is 3. The smallest absolute Gasteiger partial charge is 0.254 e. The molecule has 0 atom stereocenters. The Hall–Kier alpha value is -3.54. The number of carbonyl (C=O) groups excluding carboxylic acids is 1. The summed E-state index contributed by atoms with van der Waals surface area (Å²) in [7, 11) is 4.80. The molecule has 0 spiro atoms. The van der Waals surface area contributed by atoms with E-state index in [-0.39, 0.29) is 11.7 Å². The molecule has 0 aromatic heterocycles. The molecule has 1 amide bonds. The van der Waals surface area contributed by atoms with Gasteiger partial charge in [-0.2, -0.15) is 0 Å². The highest BCUT2D eigenvalue weighted by atomic mass is 19.1. The van der Waals surface area contributed by atoms with Crippen LogP contribution in [0.2, 0.25) is 0 Å². The van der Waals surface area contributed by atoms with Gasteiger partial charge in [0.1, 0.15) is 11.6 Å². The number of rotatable bonds is 9. The molecule has 0 bridgehead atoms. The zero-order valence-electron chi connectivity index (χ0n) is 17.9. The average Bonchev–Trinajstić information content (AvgIpc) is 2.82. The third kappa shape index (κ3) is 5.75. The largest absolute Gasteiger partial charge is 0.497 e. The van der Waals surface area contributed by atoms with Crippen LogP contribution in [0.25, 0.3) is 0 Å². The molecule has 0 aliphatic carbocycles. The van der Waals surface area contributed by atoms with E-state index in [0.29, 0.717) is 36.6 Å². The van der Waals surface area contributed by atoms with Crippen LogP contribution in [0, 0.1) is 5.82 Å². The molecule has 0 saturated heterocycles. The van der Waals surface area contributed by atoms with E-state index in [1.165, 1.54) is 24.3 Å². The van der Waals surface area contributed by atoms with E-state index in [0.717, 1.165) is 16.9 Å². The summed E-state index contributed by atoms with van der Waals surface area (Å²) in [6.07, 6.45) is 0.628. The Morgan fingerprint density at radius 3 is 2.06 bits per heavy atom. The molecular formula is C25H26FNO4. The van der Waals surface area contributed by atoms with Gasteiger partial charge in [0, 0.05) is 18.7 Å². The number of hydrogen-bond acceptors (Lipinski definition) is 4. The quantitative estimate of drug-likeness (QED) is 0.499. The van der Waals surface area contributed by atoms with Crippen molar-refractivity contribution in [2.24, 2.45) is 0 Å². The van der Waals surface area contributed by atoms with Crippen molar-refractivity contribution in [3.8, 4) is 17.2 Å². The topological polar surface area (TPSA) is 48.0 Å². The van der Waals surface area contributed by atoms with Gasteiger partial charge in [-0.25, -0.2) is 4.39 Å². The maximum Gasteiger partial charge on any atom is 0.254 e. The van der Waals surface area contributed by atoms with Gasteiger partial charge in [-0.1, -0.05) is 18.2 Å². The summed E-state index contributed by atoms with van der Waals surface area (Å²) < 4.78 is 29.2. The fourth-order valence-corrected chi connectivity index (χ4v) is 3.28. The molecule has 3 aromatic carbocycles. The Morgan fingerprint density at radius 2 is 1.45 bits per heavy atom. The first kappa shape index (κ1) is 22.2. The first-order valence-corrected chi connectivity index (χ1v) is 9.92. The van der Waals surface area contributed by atoms with Crippen molar-refractivity contribution >= 4 is 5.91 Å². The molecule has 6 heteroatoms. The number of nitrogens with zero attached hydrogens (tertiary/aromatic N) is 1. The molecule has 3 aromatic rings. The Bertz CT molecular complexity index is 1000. The third-order valence-electron chi connectivity index (χ3n) is 5.03. The van der Waals surface area contributed by atoms with E-state index in [4.69, 9.17) is 14.2 Å². The predicted molar refractivity (Wildman–Crippen MR) is 117 cm³/mol. The first-order chi connectivity index (χ1) is 15.0. The maximum atomic E-state index is 13.3. The van der Waals surface area contributed by atoms with Gasteiger partial charge in [0.25, 0.3) is 5.91 Å². The van der Waals surface area contributed by atoms with Crippen molar-refractivity contribution < 1.29 is 23.4 Å².